The normalized spacial score (nSPS) is 13.0. The van der Waals surface area contributed by atoms with Crippen LogP contribution in [-0.4, -0.2) is 11.7 Å². The molecule has 0 saturated carbocycles. The van der Waals surface area contributed by atoms with Crippen LogP contribution in [0.15, 0.2) is 24.3 Å². The third-order valence-electron chi connectivity index (χ3n) is 1.60. The Morgan fingerprint density at radius 1 is 1.36 bits per heavy atom. The summed E-state index contributed by atoms with van der Waals surface area (Å²) in [6, 6.07) is 7.04. The van der Waals surface area contributed by atoms with Gasteiger partial charge in [0.15, 0.2) is 0 Å². The monoisotopic (exact) mass is 154 g/mol. The van der Waals surface area contributed by atoms with Crippen molar-refractivity contribution in [2.24, 2.45) is 0 Å². The summed E-state index contributed by atoms with van der Waals surface area (Å²) >= 11 is 0. The first-order valence-electron chi connectivity index (χ1n) is 3.55. The summed E-state index contributed by atoms with van der Waals surface area (Å²) in [5.41, 5.74) is 1.64. The van der Waals surface area contributed by atoms with Crippen molar-refractivity contribution in [3.63, 3.8) is 0 Å². The fraction of sp³-hybridized carbons (Fsp3) is 0.333. The van der Waals surface area contributed by atoms with Crippen LogP contribution in [0.25, 0.3) is 0 Å². The van der Waals surface area contributed by atoms with E-state index in [0.29, 0.717) is 5.56 Å². The highest BCUT2D eigenvalue weighted by Gasteiger charge is 2.05. The van der Waals surface area contributed by atoms with Crippen LogP contribution in [0.5, 0.6) is 0 Å². The van der Waals surface area contributed by atoms with Crippen LogP contribution in [-0.2, 0) is 0 Å². The number of aryl methyl sites for hydroxylation is 1. The number of aliphatic hydroxyl groups is 1. The Labute approximate surface area is 65.5 Å². The molecule has 1 unspecified atom stereocenters. The maximum atomic E-state index is 12.7. The van der Waals surface area contributed by atoms with Crippen LogP contribution in [0.1, 0.15) is 17.3 Å². The molecular formula is C9H11FO. The van der Waals surface area contributed by atoms with Gasteiger partial charge < -0.3 is 5.11 Å². The number of hydrogen-bond acceptors (Lipinski definition) is 1. The van der Waals surface area contributed by atoms with Gasteiger partial charge in [-0.3, -0.25) is 0 Å². The average molecular weight is 154 g/mol. The highest BCUT2D eigenvalue weighted by Crippen LogP contribution is 2.16. The summed E-state index contributed by atoms with van der Waals surface area (Å²) in [7, 11) is 0. The third kappa shape index (κ3) is 2.02. The first-order chi connectivity index (χ1) is 5.24. The first-order valence-corrected chi connectivity index (χ1v) is 3.55. The predicted octanol–water partition coefficient (Wildman–Crippen LogP) is 2.00. The SMILES string of the molecule is Cc1ccc(C(F)CO)cc1. The van der Waals surface area contributed by atoms with Crippen molar-refractivity contribution in [1.82, 2.24) is 0 Å². The fourth-order valence-corrected chi connectivity index (χ4v) is 0.881. The quantitative estimate of drug-likeness (QED) is 0.690. The van der Waals surface area contributed by atoms with E-state index in [1.165, 1.54) is 0 Å². The minimum atomic E-state index is -1.24. The zero-order valence-electron chi connectivity index (χ0n) is 6.42. The molecule has 0 spiro atoms. The lowest BCUT2D eigenvalue weighted by atomic mass is 10.1. The van der Waals surface area contributed by atoms with Crippen LogP contribution < -0.4 is 0 Å². The van der Waals surface area contributed by atoms with E-state index in [9.17, 15) is 4.39 Å². The minimum absolute atomic E-state index is 0.441. The minimum Gasteiger partial charge on any atom is -0.393 e. The van der Waals surface area contributed by atoms with Crippen LogP contribution in [0.3, 0.4) is 0 Å². The zero-order chi connectivity index (χ0) is 8.27. The molecular weight excluding hydrogens is 143 g/mol. The van der Waals surface area contributed by atoms with E-state index in [0.717, 1.165) is 5.56 Å². The molecule has 0 heterocycles. The second-order valence-electron chi connectivity index (χ2n) is 2.56. The van der Waals surface area contributed by atoms with E-state index in [-0.39, 0.29) is 0 Å². The number of hydrogen-bond donors (Lipinski definition) is 1. The Kier molecular flexibility index (Phi) is 2.60. The second-order valence-corrected chi connectivity index (χ2v) is 2.56. The number of aliphatic hydroxyl groups excluding tert-OH is 1. The molecule has 1 rings (SSSR count). The molecule has 0 aliphatic rings. The fourth-order valence-electron chi connectivity index (χ4n) is 0.881. The van der Waals surface area contributed by atoms with E-state index >= 15 is 0 Å². The standard InChI is InChI=1S/C9H11FO/c1-7-2-4-8(5-3-7)9(10)6-11/h2-5,9,11H,6H2,1H3. The Morgan fingerprint density at radius 3 is 2.36 bits per heavy atom. The molecule has 0 aliphatic heterocycles. The maximum absolute atomic E-state index is 12.7. The van der Waals surface area contributed by atoms with Crippen LogP contribution in [0, 0.1) is 6.92 Å². The van der Waals surface area contributed by atoms with Gasteiger partial charge in [-0.25, -0.2) is 4.39 Å². The lowest BCUT2D eigenvalue weighted by molar-refractivity contribution is 0.180. The number of rotatable bonds is 2. The van der Waals surface area contributed by atoms with E-state index in [2.05, 4.69) is 0 Å². The molecule has 1 atom stereocenters. The van der Waals surface area contributed by atoms with Gasteiger partial charge in [0.25, 0.3) is 0 Å². The molecule has 2 heteroatoms. The van der Waals surface area contributed by atoms with Gasteiger partial charge in [-0.15, -0.1) is 0 Å². The molecule has 11 heavy (non-hydrogen) atoms. The third-order valence-corrected chi connectivity index (χ3v) is 1.60. The van der Waals surface area contributed by atoms with Gasteiger partial charge >= 0.3 is 0 Å². The first kappa shape index (κ1) is 8.21. The van der Waals surface area contributed by atoms with Gasteiger partial charge in [0, 0.05) is 0 Å². The lowest BCUT2D eigenvalue weighted by Crippen LogP contribution is -1.96. The molecule has 1 N–H and O–H groups in total. The number of halogens is 1. The van der Waals surface area contributed by atoms with Crippen molar-refractivity contribution in [3.05, 3.63) is 35.4 Å². The van der Waals surface area contributed by atoms with Gasteiger partial charge in [-0.05, 0) is 12.5 Å². The highest BCUT2D eigenvalue weighted by molar-refractivity contribution is 5.23. The van der Waals surface area contributed by atoms with Crippen molar-refractivity contribution in [3.8, 4) is 0 Å². The Hall–Kier alpha value is -0.890. The topological polar surface area (TPSA) is 20.2 Å². The van der Waals surface area contributed by atoms with Crippen molar-refractivity contribution < 1.29 is 9.50 Å². The van der Waals surface area contributed by atoms with E-state index in [1.807, 2.05) is 19.1 Å². The zero-order valence-corrected chi connectivity index (χ0v) is 6.42. The summed E-state index contributed by atoms with van der Waals surface area (Å²) in [6.07, 6.45) is -1.24. The molecule has 0 aromatic heterocycles. The van der Waals surface area contributed by atoms with Gasteiger partial charge in [0.2, 0.25) is 0 Å². The molecule has 60 valence electrons. The molecule has 0 aliphatic carbocycles. The van der Waals surface area contributed by atoms with Crippen molar-refractivity contribution in [2.45, 2.75) is 13.1 Å². The molecule has 0 saturated heterocycles. The number of benzene rings is 1. The van der Waals surface area contributed by atoms with Crippen LogP contribution in [0.4, 0.5) is 4.39 Å². The summed E-state index contributed by atoms with van der Waals surface area (Å²) in [4.78, 5) is 0. The molecule has 0 radical (unpaired) electrons. The summed E-state index contributed by atoms with van der Waals surface area (Å²) < 4.78 is 12.7. The summed E-state index contributed by atoms with van der Waals surface area (Å²) in [5, 5.41) is 8.48. The average Bonchev–Trinajstić information content (AvgIpc) is 2.05. The molecule has 0 fully saturated rings. The predicted molar refractivity (Wildman–Crippen MR) is 42.1 cm³/mol. The van der Waals surface area contributed by atoms with Crippen LogP contribution >= 0.6 is 0 Å². The number of alkyl halides is 1. The molecule has 1 aromatic rings. The highest BCUT2D eigenvalue weighted by atomic mass is 19.1. The van der Waals surface area contributed by atoms with Crippen molar-refractivity contribution >= 4 is 0 Å². The Balaban J connectivity index is 2.81. The van der Waals surface area contributed by atoms with Crippen LogP contribution in [0.2, 0.25) is 0 Å². The Bertz CT molecular complexity index is 218. The second kappa shape index (κ2) is 3.49. The van der Waals surface area contributed by atoms with Gasteiger partial charge in [0.1, 0.15) is 6.17 Å². The maximum Gasteiger partial charge on any atom is 0.148 e. The molecule has 0 amide bonds. The van der Waals surface area contributed by atoms with Gasteiger partial charge in [-0.1, -0.05) is 29.8 Å². The van der Waals surface area contributed by atoms with Gasteiger partial charge in [0.05, 0.1) is 6.61 Å². The van der Waals surface area contributed by atoms with E-state index in [1.54, 1.807) is 12.1 Å². The smallest absolute Gasteiger partial charge is 0.148 e. The van der Waals surface area contributed by atoms with Crippen molar-refractivity contribution in [2.75, 3.05) is 6.61 Å². The Morgan fingerprint density at radius 2 is 1.91 bits per heavy atom. The molecule has 1 nitrogen and oxygen atoms in total. The van der Waals surface area contributed by atoms with E-state index in [4.69, 9.17) is 5.11 Å². The van der Waals surface area contributed by atoms with E-state index < -0.39 is 12.8 Å². The molecule has 0 bridgehead atoms. The van der Waals surface area contributed by atoms with Crippen molar-refractivity contribution in [1.29, 1.82) is 0 Å². The van der Waals surface area contributed by atoms with Gasteiger partial charge in [-0.2, -0.15) is 0 Å². The largest absolute Gasteiger partial charge is 0.393 e. The summed E-state index contributed by atoms with van der Waals surface area (Å²) in [5.74, 6) is 0. The molecule has 1 aromatic carbocycles. The lowest BCUT2D eigenvalue weighted by Gasteiger charge is -2.03. The summed E-state index contributed by atoms with van der Waals surface area (Å²) in [6.45, 7) is 1.50.